The number of carbonyl (C=O) groups is 1. The number of aliphatic carboxylic acids is 1. The first-order valence-electron chi connectivity index (χ1n) is 11.2. The molecule has 7 heteroatoms. The highest BCUT2D eigenvalue weighted by Gasteiger charge is 2.45. The van der Waals surface area contributed by atoms with Crippen molar-refractivity contribution in [1.29, 1.82) is 0 Å². The van der Waals surface area contributed by atoms with E-state index in [2.05, 4.69) is 0 Å². The first kappa shape index (κ1) is 22.7. The number of aliphatic hydroxyl groups excluding tert-OH is 1. The molecule has 0 aromatic rings. The number of hydrogen-bond donors (Lipinski definition) is 2. The van der Waals surface area contributed by atoms with Crippen molar-refractivity contribution in [3.05, 3.63) is 12.2 Å². The molecule has 29 heavy (non-hydrogen) atoms. The Bertz CT molecular complexity index is 511. The Morgan fingerprint density at radius 1 is 0.966 bits per heavy atom. The molecular weight excluding hydrogens is 376 g/mol. The van der Waals surface area contributed by atoms with Crippen LogP contribution >= 0.6 is 0 Å². The van der Waals surface area contributed by atoms with E-state index in [0.29, 0.717) is 25.9 Å². The molecule has 0 spiro atoms. The molecule has 3 aliphatic rings. The van der Waals surface area contributed by atoms with Gasteiger partial charge in [0.2, 0.25) is 0 Å². The lowest BCUT2D eigenvalue weighted by Gasteiger charge is -2.29. The molecule has 0 radical (unpaired) electrons. The van der Waals surface area contributed by atoms with Gasteiger partial charge in [0.1, 0.15) is 0 Å². The summed E-state index contributed by atoms with van der Waals surface area (Å²) < 4.78 is 23.8. The minimum atomic E-state index is -0.768. The van der Waals surface area contributed by atoms with Gasteiger partial charge in [0.05, 0.1) is 18.3 Å². The van der Waals surface area contributed by atoms with E-state index in [1.165, 1.54) is 0 Å². The van der Waals surface area contributed by atoms with Crippen LogP contribution in [-0.4, -0.2) is 60.3 Å². The zero-order valence-corrected chi connectivity index (χ0v) is 17.2. The molecular formula is C22H36O7. The maximum Gasteiger partial charge on any atom is 0.303 e. The average molecular weight is 413 g/mol. The summed E-state index contributed by atoms with van der Waals surface area (Å²) in [5, 5.41) is 19.7. The fourth-order valence-corrected chi connectivity index (χ4v) is 4.39. The predicted molar refractivity (Wildman–Crippen MR) is 106 cm³/mol. The number of hydrogen-bond acceptors (Lipinski definition) is 6. The highest BCUT2D eigenvalue weighted by atomic mass is 16.7. The summed E-state index contributed by atoms with van der Waals surface area (Å²) in [6.07, 6.45) is 11.5. The molecule has 0 amide bonds. The van der Waals surface area contributed by atoms with Crippen LogP contribution in [0.4, 0.5) is 0 Å². The zero-order chi connectivity index (χ0) is 20.5. The molecule has 6 unspecified atom stereocenters. The molecule has 3 fully saturated rings. The third-order valence-corrected chi connectivity index (χ3v) is 6.03. The second kappa shape index (κ2) is 12.0. The summed E-state index contributed by atoms with van der Waals surface area (Å²) >= 11 is 0. The molecule has 7 nitrogen and oxygen atoms in total. The number of aliphatic hydroxyl groups is 1. The molecule has 2 heterocycles. The number of rotatable bonds is 10. The predicted octanol–water partition coefficient (Wildman–Crippen LogP) is 3.39. The van der Waals surface area contributed by atoms with Gasteiger partial charge in [0.25, 0.3) is 0 Å². The highest BCUT2D eigenvalue weighted by Crippen LogP contribution is 2.37. The zero-order valence-electron chi connectivity index (χ0n) is 17.2. The van der Waals surface area contributed by atoms with Crippen LogP contribution in [0.15, 0.2) is 12.2 Å². The number of carboxylic acids is 1. The van der Waals surface area contributed by atoms with Crippen LogP contribution in [-0.2, 0) is 23.7 Å². The molecule has 0 aromatic heterocycles. The van der Waals surface area contributed by atoms with Crippen molar-refractivity contribution in [3.63, 3.8) is 0 Å². The van der Waals surface area contributed by atoms with Crippen LogP contribution in [0.3, 0.4) is 0 Å². The summed E-state index contributed by atoms with van der Waals surface area (Å²) in [6.45, 7) is 1.44. The molecule has 1 saturated carbocycles. The molecule has 2 aliphatic heterocycles. The quantitative estimate of drug-likeness (QED) is 0.419. The highest BCUT2D eigenvalue weighted by molar-refractivity contribution is 5.66. The Balaban J connectivity index is 1.54. The maximum atomic E-state index is 10.9. The molecule has 2 N–H and O–H groups in total. The van der Waals surface area contributed by atoms with E-state index in [1.54, 1.807) is 0 Å². The van der Waals surface area contributed by atoms with E-state index in [9.17, 15) is 9.90 Å². The fourth-order valence-electron chi connectivity index (χ4n) is 4.39. The largest absolute Gasteiger partial charge is 0.481 e. The van der Waals surface area contributed by atoms with E-state index < -0.39 is 12.1 Å². The summed E-state index contributed by atoms with van der Waals surface area (Å²) in [7, 11) is 0. The van der Waals surface area contributed by atoms with E-state index in [0.717, 1.165) is 51.6 Å². The van der Waals surface area contributed by atoms with Crippen molar-refractivity contribution < 1.29 is 34.0 Å². The molecule has 0 aromatic carbocycles. The van der Waals surface area contributed by atoms with Gasteiger partial charge in [-0.15, -0.1) is 0 Å². The van der Waals surface area contributed by atoms with Crippen molar-refractivity contribution in [2.45, 2.75) is 102 Å². The normalized spacial score (nSPS) is 35.9. The standard InChI is InChI=1S/C22H36O7/c23-19(24)10-4-2-1-3-9-16-17(28-20-11-5-7-13-26-20)15-18(22(16)25)29-21-12-6-8-14-27-21/h1,3,16-18,20-22,25H,2,4-15H2,(H,23,24). The van der Waals surface area contributed by atoms with Gasteiger partial charge in [-0.25, -0.2) is 0 Å². The second-order valence-electron chi connectivity index (χ2n) is 8.32. The first-order valence-corrected chi connectivity index (χ1v) is 11.2. The van der Waals surface area contributed by atoms with E-state index >= 15 is 0 Å². The van der Waals surface area contributed by atoms with Crippen molar-refractivity contribution in [2.24, 2.45) is 5.92 Å². The van der Waals surface area contributed by atoms with Crippen LogP contribution in [0, 0.1) is 5.92 Å². The van der Waals surface area contributed by atoms with Gasteiger partial charge in [-0.1, -0.05) is 12.2 Å². The number of allylic oxidation sites excluding steroid dienone is 2. The number of unbranched alkanes of at least 4 members (excludes halogenated alkanes) is 1. The monoisotopic (exact) mass is 412 g/mol. The topological polar surface area (TPSA) is 94.5 Å². The smallest absolute Gasteiger partial charge is 0.303 e. The Kier molecular flexibility index (Phi) is 9.39. The first-order chi connectivity index (χ1) is 14.1. The van der Waals surface area contributed by atoms with Crippen molar-refractivity contribution in [1.82, 2.24) is 0 Å². The lowest BCUT2D eigenvalue weighted by molar-refractivity contribution is -0.206. The average Bonchev–Trinajstić information content (AvgIpc) is 3.00. The number of ether oxygens (including phenoxy) is 4. The van der Waals surface area contributed by atoms with Gasteiger partial charge in [-0.2, -0.15) is 0 Å². The minimum Gasteiger partial charge on any atom is -0.481 e. The second-order valence-corrected chi connectivity index (χ2v) is 8.32. The van der Waals surface area contributed by atoms with Crippen LogP contribution in [0.5, 0.6) is 0 Å². The molecule has 1 aliphatic carbocycles. The minimum absolute atomic E-state index is 0.0650. The Morgan fingerprint density at radius 3 is 2.21 bits per heavy atom. The Morgan fingerprint density at radius 2 is 1.62 bits per heavy atom. The summed E-state index contributed by atoms with van der Waals surface area (Å²) in [4.78, 5) is 10.6. The lowest BCUT2D eigenvalue weighted by atomic mass is 9.98. The lowest BCUT2D eigenvalue weighted by Crippen LogP contribution is -2.35. The SMILES string of the molecule is O=C(O)CCCC=CCC1C(OC2CCCCO2)CC(OC2CCCCO2)C1O. The van der Waals surface area contributed by atoms with Gasteiger partial charge < -0.3 is 29.2 Å². The van der Waals surface area contributed by atoms with Gasteiger partial charge in [0.15, 0.2) is 12.6 Å². The molecule has 6 atom stereocenters. The number of carboxylic acid groups (broad SMARTS) is 1. The van der Waals surface area contributed by atoms with Crippen LogP contribution in [0.25, 0.3) is 0 Å². The summed E-state index contributed by atoms with van der Waals surface area (Å²) in [6, 6.07) is 0. The summed E-state index contributed by atoms with van der Waals surface area (Å²) in [5.74, 6) is -0.833. The molecule has 2 saturated heterocycles. The third-order valence-electron chi connectivity index (χ3n) is 6.03. The van der Waals surface area contributed by atoms with E-state index in [1.807, 2.05) is 12.2 Å². The van der Waals surface area contributed by atoms with Crippen LogP contribution < -0.4 is 0 Å². The van der Waals surface area contributed by atoms with Crippen molar-refractivity contribution in [3.8, 4) is 0 Å². The van der Waals surface area contributed by atoms with E-state index in [4.69, 9.17) is 24.1 Å². The van der Waals surface area contributed by atoms with Gasteiger partial charge in [-0.05, 0) is 57.8 Å². The Labute approximate surface area is 173 Å². The van der Waals surface area contributed by atoms with Gasteiger partial charge in [-0.3, -0.25) is 4.79 Å². The Hall–Kier alpha value is -0.990. The van der Waals surface area contributed by atoms with Crippen LogP contribution in [0.2, 0.25) is 0 Å². The third kappa shape index (κ3) is 7.33. The molecule has 166 valence electrons. The van der Waals surface area contributed by atoms with Crippen LogP contribution in [0.1, 0.15) is 70.6 Å². The molecule has 3 rings (SSSR count). The van der Waals surface area contributed by atoms with Crippen molar-refractivity contribution >= 4 is 5.97 Å². The van der Waals surface area contributed by atoms with E-state index in [-0.39, 0.29) is 37.1 Å². The van der Waals surface area contributed by atoms with Gasteiger partial charge >= 0.3 is 5.97 Å². The summed E-state index contributed by atoms with van der Waals surface area (Å²) in [5.41, 5.74) is 0. The van der Waals surface area contributed by atoms with Gasteiger partial charge in [0, 0.05) is 32.0 Å². The molecule has 0 bridgehead atoms. The van der Waals surface area contributed by atoms with Crippen molar-refractivity contribution in [2.75, 3.05) is 13.2 Å². The fraction of sp³-hybridized carbons (Fsp3) is 0.864. The maximum absolute atomic E-state index is 10.9.